The van der Waals surface area contributed by atoms with Crippen LogP contribution in [0.1, 0.15) is 50.8 Å². The molecule has 1 aromatic rings. The highest BCUT2D eigenvalue weighted by Gasteiger charge is 2.27. The van der Waals surface area contributed by atoms with Crippen molar-refractivity contribution >= 4 is 0 Å². The minimum atomic E-state index is -0.405. The van der Waals surface area contributed by atoms with Crippen molar-refractivity contribution in [2.75, 3.05) is 0 Å². The van der Waals surface area contributed by atoms with Crippen LogP contribution < -0.4 is 0 Å². The Morgan fingerprint density at radius 3 is 3.06 bits per heavy atom. The average Bonchev–Trinajstić information content (AvgIpc) is 2.39. The van der Waals surface area contributed by atoms with Gasteiger partial charge in [0.2, 0.25) is 0 Å². The van der Waals surface area contributed by atoms with Crippen molar-refractivity contribution in [3.05, 3.63) is 24.3 Å². The third-order valence-electron chi connectivity index (χ3n) is 3.76. The monoisotopic (exact) mass is 220 g/mol. The van der Waals surface area contributed by atoms with E-state index < -0.39 is 6.10 Å². The number of rotatable bonds is 3. The Labute approximate surface area is 96.9 Å². The van der Waals surface area contributed by atoms with Crippen LogP contribution in [-0.2, 0) is 0 Å². The van der Waals surface area contributed by atoms with Gasteiger partial charge in [0, 0.05) is 6.20 Å². The van der Waals surface area contributed by atoms with E-state index in [-0.39, 0.29) is 0 Å². The fraction of sp³-hybridized carbons (Fsp3) is 0.692. The summed E-state index contributed by atoms with van der Waals surface area (Å²) in [5, 5.41) is 10.3. The quantitative estimate of drug-likeness (QED) is 0.852. The van der Waals surface area contributed by atoms with E-state index in [1.54, 1.807) is 6.20 Å². The van der Waals surface area contributed by atoms with Gasteiger partial charge in [0.05, 0.1) is 11.8 Å². The van der Waals surface area contributed by atoms with E-state index in [9.17, 15) is 5.11 Å². The number of aliphatic hydroxyl groups is 1. The van der Waals surface area contributed by atoms with Crippen LogP contribution in [0.15, 0.2) is 18.6 Å². The van der Waals surface area contributed by atoms with Gasteiger partial charge in [-0.1, -0.05) is 26.2 Å². The lowest BCUT2D eigenvalue weighted by Crippen LogP contribution is -2.21. The summed E-state index contributed by atoms with van der Waals surface area (Å²) >= 11 is 0. The Bertz CT molecular complexity index is 315. The lowest BCUT2D eigenvalue weighted by Gasteiger charge is -2.31. The Kier molecular flexibility index (Phi) is 3.88. The molecule has 3 atom stereocenters. The van der Waals surface area contributed by atoms with Gasteiger partial charge in [0.1, 0.15) is 6.33 Å². The molecule has 1 N–H and O–H groups in total. The second kappa shape index (κ2) is 5.39. The van der Waals surface area contributed by atoms with E-state index >= 15 is 0 Å². The van der Waals surface area contributed by atoms with Crippen molar-refractivity contribution in [2.24, 2.45) is 11.8 Å². The molecule has 0 spiro atoms. The SMILES string of the molecule is CCC1CCCC(C(O)c2ccncn2)C1. The van der Waals surface area contributed by atoms with Gasteiger partial charge in [-0.25, -0.2) is 9.97 Å². The molecule has 1 aliphatic carbocycles. The first-order valence-corrected chi connectivity index (χ1v) is 6.25. The number of hydrogen-bond acceptors (Lipinski definition) is 3. The maximum absolute atomic E-state index is 10.3. The second-order valence-electron chi connectivity index (χ2n) is 4.78. The summed E-state index contributed by atoms with van der Waals surface area (Å²) < 4.78 is 0. The molecule has 3 unspecified atom stereocenters. The zero-order chi connectivity index (χ0) is 11.4. The molecule has 1 saturated carbocycles. The van der Waals surface area contributed by atoms with Crippen LogP contribution in [0.4, 0.5) is 0 Å². The first-order valence-electron chi connectivity index (χ1n) is 6.25. The van der Waals surface area contributed by atoms with Gasteiger partial charge >= 0.3 is 0 Å². The van der Waals surface area contributed by atoms with Gasteiger partial charge in [0.25, 0.3) is 0 Å². The van der Waals surface area contributed by atoms with Gasteiger partial charge in [-0.15, -0.1) is 0 Å². The molecule has 1 fully saturated rings. The minimum Gasteiger partial charge on any atom is -0.387 e. The number of hydrogen-bond donors (Lipinski definition) is 1. The van der Waals surface area contributed by atoms with Crippen molar-refractivity contribution in [1.29, 1.82) is 0 Å². The molecule has 3 nitrogen and oxygen atoms in total. The molecule has 88 valence electrons. The lowest BCUT2D eigenvalue weighted by molar-refractivity contribution is 0.0644. The zero-order valence-electron chi connectivity index (χ0n) is 9.84. The van der Waals surface area contributed by atoms with Crippen molar-refractivity contribution in [2.45, 2.75) is 45.1 Å². The van der Waals surface area contributed by atoms with Gasteiger partial charge in [-0.05, 0) is 30.7 Å². The minimum absolute atomic E-state index is 0.383. The van der Waals surface area contributed by atoms with Crippen molar-refractivity contribution in [3.8, 4) is 0 Å². The molecule has 1 aliphatic rings. The lowest BCUT2D eigenvalue weighted by atomic mass is 9.77. The molecule has 0 saturated heterocycles. The second-order valence-corrected chi connectivity index (χ2v) is 4.78. The maximum atomic E-state index is 10.3. The molecule has 0 aliphatic heterocycles. The highest BCUT2D eigenvalue weighted by Crippen LogP contribution is 2.37. The molecule has 1 heterocycles. The van der Waals surface area contributed by atoms with Crippen LogP contribution >= 0.6 is 0 Å². The summed E-state index contributed by atoms with van der Waals surface area (Å²) in [5.74, 6) is 1.17. The van der Waals surface area contributed by atoms with Crippen LogP contribution in [-0.4, -0.2) is 15.1 Å². The molecule has 1 aromatic heterocycles. The third kappa shape index (κ3) is 2.59. The van der Waals surface area contributed by atoms with Crippen LogP contribution in [0.3, 0.4) is 0 Å². The number of nitrogens with zero attached hydrogens (tertiary/aromatic N) is 2. The Balaban J connectivity index is 2.01. The maximum Gasteiger partial charge on any atom is 0.115 e. The van der Waals surface area contributed by atoms with Crippen molar-refractivity contribution in [1.82, 2.24) is 9.97 Å². The predicted molar refractivity (Wildman–Crippen MR) is 62.7 cm³/mol. The van der Waals surface area contributed by atoms with Gasteiger partial charge in [0.15, 0.2) is 0 Å². The molecule has 0 amide bonds. The first kappa shape index (κ1) is 11.5. The van der Waals surface area contributed by atoms with E-state index in [1.165, 1.54) is 25.6 Å². The van der Waals surface area contributed by atoms with Crippen LogP contribution in [0.2, 0.25) is 0 Å². The van der Waals surface area contributed by atoms with Gasteiger partial charge in [-0.2, -0.15) is 0 Å². The molecule has 0 radical (unpaired) electrons. The molecule has 16 heavy (non-hydrogen) atoms. The van der Waals surface area contributed by atoms with E-state index in [1.807, 2.05) is 6.07 Å². The Morgan fingerprint density at radius 1 is 1.50 bits per heavy atom. The highest BCUT2D eigenvalue weighted by atomic mass is 16.3. The Morgan fingerprint density at radius 2 is 2.38 bits per heavy atom. The number of aliphatic hydroxyl groups excluding tert-OH is 1. The molecule has 3 heteroatoms. The van der Waals surface area contributed by atoms with Gasteiger partial charge in [-0.3, -0.25) is 0 Å². The molecular weight excluding hydrogens is 200 g/mol. The number of aromatic nitrogens is 2. The fourth-order valence-electron chi connectivity index (χ4n) is 2.71. The topological polar surface area (TPSA) is 46.0 Å². The van der Waals surface area contributed by atoms with E-state index in [4.69, 9.17) is 0 Å². The van der Waals surface area contributed by atoms with E-state index in [0.29, 0.717) is 5.92 Å². The van der Waals surface area contributed by atoms with Crippen LogP contribution in [0, 0.1) is 11.8 Å². The standard InChI is InChI=1S/C13H20N2O/c1-2-10-4-3-5-11(8-10)13(16)12-6-7-14-9-15-12/h6-7,9-11,13,16H,2-5,8H2,1H3. The van der Waals surface area contributed by atoms with E-state index in [0.717, 1.165) is 24.5 Å². The fourth-order valence-corrected chi connectivity index (χ4v) is 2.71. The molecular formula is C13H20N2O. The summed E-state index contributed by atoms with van der Waals surface area (Å²) in [5.41, 5.74) is 0.775. The Hall–Kier alpha value is -0.960. The summed E-state index contributed by atoms with van der Waals surface area (Å²) in [6, 6.07) is 1.82. The zero-order valence-corrected chi connectivity index (χ0v) is 9.84. The average molecular weight is 220 g/mol. The largest absolute Gasteiger partial charge is 0.387 e. The summed E-state index contributed by atoms with van der Waals surface area (Å²) in [7, 11) is 0. The summed E-state index contributed by atoms with van der Waals surface area (Å²) in [6.45, 7) is 2.24. The third-order valence-corrected chi connectivity index (χ3v) is 3.76. The predicted octanol–water partition coefficient (Wildman–Crippen LogP) is 2.73. The smallest absolute Gasteiger partial charge is 0.115 e. The van der Waals surface area contributed by atoms with Crippen LogP contribution in [0.25, 0.3) is 0 Å². The van der Waals surface area contributed by atoms with Gasteiger partial charge < -0.3 is 5.11 Å². The normalized spacial score (nSPS) is 27.6. The first-order chi connectivity index (χ1) is 7.81. The van der Waals surface area contributed by atoms with E-state index in [2.05, 4.69) is 16.9 Å². The van der Waals surface area contributed by atoms with Crippen molar-refractivity contribution in [3.63, 3.8) is 0 Å². The highest BCUT2D eigenvalue weighted by molar-refractivity contribution is 5.04. The molecule has 0 aromatic carbocycles. The van der Waals surface area contributed by atoms with Crippen LogP contribution in [0.5, 0.6) is 0 Å². The molecule has 2 rings (SSSR count). The summed E-state index contributed by atoms with van der Waals surface area (Å²) in [6.07, 6.45) is 8.87. The summed E-state index contributed by atoms with van der Waals surface area (Å²) in [4.78, 5) is 8.03. The van der Waals surface area contributed by atoms with Crippen molar-refractivity contribution < 1.29 is 5.11 Å². The molecule has 0 bridgehead atoms.